The fourth-order valence-electron chi connectivity index (χ4n) is 3.07. The van der Waals surface area contributed by atoms with E-state index in [1.54, 1.807) is 42.5 Å². The topological polar surface area (TPSA) is 50.2 Å². The number of aromatic carboxylic acids is 1. The van der Waals surface area contributed by atoms with Gasteiger partial charge >= 0.3 is 5.97 Å². The number of hydrogen-bond donors (Lipinski definition) is 1. The molecule has 0 bridgehead atoms. The number of aromatic nitrogens is 1. The SMILES string of the molecule is O=C(O)c1c(-c2cccc(Cl)c2Cl)ccc(-c2nc(-c3ccc(Cl)c(Cl)c3)cs2)c1Cl. The average molecular weight is 530 g/mol. The summed E-state index contributed by atoms with van der Waals surface area (Å²) in [5.74, 6) is -1.18. The highest BCUT2D eigenvalue weighted by molar-refractivity contribution is 7.13. The van der Waals surface area contributed by atoms with Crippen LogP contribution in [0.25, 0.3) is 33.0 Å². The molecule has 156 valence electrons. The van der Waals surface area contributed by atoms with E-state index in [1.165, 1.54) is 11.3 Å². The number of hydrogen-bond acceptors (Lipinski definition) is 3. The number of halogens is 5. The van der Waals surface area contributed by atoms with E-state index in [-0.39, 0.29) is 15.6 Å². The summed E-state index contributed by atoms with van der Waals surface area (Å²) >= 11 is 32.4. The third kappa shape index (κ3) is 4.29. The van der Waals surface area contributed by atoms with Gasteiger partial charge in [0.25, 0.3) is 0 Å². The minimum Gasteiger partial charge on any atom is -0.478 e. The standard InChI is InChI=1S/C22H10Cl5NO2S/c23-14-7-4-10(8-16(14)25)17-9-31-21(28-17)13-6-5-11(18(20(13)27)22(29)30)12-2-1-3-15(24)19(12)26/h1-9H,(H,29,30). The van der Waals surface area contributed by atoms with Crippen LogP contribution in [0.5, 0.6) is 0 Å². The zero-order chi connectivity index (χ0) is 22.3. The summed E-state index contributed by atoms with van der Waals surface area (Å²) < 4.78 is 0. The second-order valence-corrected chi connectivity index (χ2v) is 9.26. The molecule has 0 saturated carbocycles. The molecule has 0 unspecified atom stereocenters. The van der Waals surface area contributed by atoms with Crippen LogP contribution < -0.4 is 0 Å². The van der Waals surface area contributed by atoms with Crippen LogP contribution in [0.15, 0.2) is 53.9 Å². The maximum atomic E-state index is 12.1. The van der Waals surface area contributed by atoms with Crippen LogP contribution in [0.1, 0.15) is 10.4 Å². The summed E-state index contributed by atoms with van der Waals surface area (Å²) in [7, 11) is 0. The fourth-order valence-corrected chi connectivity index (χ4v) is 5.02. The zero-order valence-electron chi connectivity index (χ0n) is 15.3. The quantitative estimate of drug-likeness (QED) is 0.287. The lowest BCUT2D eigenvalue weighted by Crippen LogP contribution is -2.02. The van der Waals surface area contributed by atoms with E-state index < -0.39 is 5.97 Å². The van der Waals surface area contributed by atoms with E-state index in [9.17, 15) is 9.90 Å². The van der Waals surface area contributed by atoms with E-state index >= 15 is 0 Å². The van der Waals surface area contributed by atoms with E-state index in [2.05, 4.69) is 4.98 Å². The lowest BCUT2D eigenvalue weighted by atomic mass is 9.97. The molecule has 1 heterocycles. The molecule has 0 aliphatic carbocycles. The minimum atomic E-state index is -1.18. The molecule has 0 fully saturated rings. The normalized spacial score (nSPS) is 11.0. The first kappa shape index (κ1) is 22.4. The maximum absolute atomic E-state index is 12.1. The van der Waals surface area contributed by atoms with Gasteiger partial charge in [-0.25, -0.2) is 9.78 Å². The molecule has 3 aromatic carbocycles. The lowest BCUT2D eigenvalue weighted by Gasteiger charge is -2.13. The Morgan fingerprint density at radius 2 is 1.55 bits per heavy atom. The largest absolute Gasteiger partial charge is 0.478 e. The van der Waals surface area contributed by atoms with Gasteiger partial charge in [-0.1, -0.05) is 82.3 Å². The summed E-state index contributed by atoms with van der Waals surface area (Å²) in [6, 6.07) is 13.6. The third-order valence-electron chi connectivity index (χ3n) is 4.55. The van der Waals surface area contributed by atoms with Crippen molar-refractivity contribution in [3.05, 3.63) is 84.6 Å². The van der Waals surface area contributed by atoms with Gasteiger partial charge in [0, 0.05) is 22.1 Å². The molecule has 1 aromatic heterocycles. The van der Waals surface area contributed by atoms with Crippen LogP contribution in [-0.2, 0) is 0 Å². The molecule has 0 aliphatic rings. The van der Waals surface area contributed by atoms with Gasteiger partial charge in [-0.3, -0.25) is 0 Å². The molecule has 0 radical (unpaired) electrons. The smallest absolute Gasteiger partial charge is 0.337 e. The molecule has 31 heavy (non-hydrogen) atoms. The highest BCUT2D eigenvalue weighted by atomic mass is 35.5. The number of thiazole rings is 1. The molecule has 0 atom stereocenters. The Bertz CT molecular complexity index is 1340. The Morgan fingerprint density at radius 1 is 0.806 bits per heavy atom. The van der Waals surface area contributed by atoms with Crippen LogP contribution >= 0.6 is 69.3 Å². The van der Waals surface area contributed by atoms with Gasteiger partial charge in [0.15, 0.2) is 0 Å². The van der Waals surface area contributed by atoms with Gasteiger partial charge in [0.2, 0.25) is 0 Å². The van der Waals surface area contributed by atoms with Crippen molar-refractivity contribution in [1.29, 1.82) is 0 Å². The first-order chi connectivity index (χ1) is 14.8. The monoisotopic (exact) mass is 527 g/mol. The molecule has 0 amide bonds. The number of nitrogens with zero attached hydrogens (tertiary/aromatic N) is 1. The fraction of sp³-hybridized carbons (Fsp3) is 0. The predicted molar refractivity (Wildman–Crippen MR) is 130 cm³/mol. The van der Waals surface area contributed by atoms with E-state index in [0.717, 1.165) is 5.56 Å². The van der Waals surface area contributed by atoms with Gasteiger partial charge in [0.05, 0.1) is 36.4 Å². The van der Waals surface area contributed by atoms with Gasteiger partial charge in [-0.05, 0) is 29.8 Å². The lowest BCUT2D eigenvalue weighted by molar-refractivity contribution is 0.0698. The molecule has 4 aromatic rings. The van der Waals surface area contributed by atoms with Gasteiger partial charge < -0.3 is 5.11 Å². The van der Waals surface area contributed by atoms with Crippen LogP contribution in [0.3, 0.4) is 0 Å². The van der Waals surface area contributed by atoms with Gasteiger partial charge in [0.1, 0.15) is 5.01 Å². The number of carbonyl (C=O) groups is 1. The van der Waals surface area contributed by atoms with E-state index in [1.807, 2.05) is 11.4 Å². The second-order valence-electron chi connectivity index (χ2n) is 6.42. The number of carboxylic acids is 1. The van der Waals surface area contributed by atoms with Gasteiger partial charge in [-0.2, -0.15) is 0 Å². The van der Waals surface area contributed by atoms with Crippen LogP contribution in [0, 0.1) is 0 Å². The van der Waals surface area contributed by atoms with Crippen molar-refractivity contribution in [2.75, 3.05) is 0 Å². The van der Waals surface area contributed by atoms with Crippen molar-refractivity contribution in [2.45, 2.75) is 0 Å². The molecular weight excluding hydrogens is 520 g/mol. The van der Waals surface area contributed by atoms with Crippen molar-refractivity contribution in [2.24, 2.45) is 0 Å². The molecule has 0 saturated heterocycles. The Hall–Kier alpha value is -1.79. The Labute approximate surface area is 206 Å². The highest BCUT2D eigenvalue weighted by Gasteiger charge is 2.23. The summed E-state index contributed by atoms with van der Waals surface area (Å²) in [6.45, 7) is 0. The number of carboxylic acid groups (broad SMARTS) is 1. The Balaban J connectivity index is 1.83. The Kier molecular flexibility index (Phi) is 6.50. The van der Waals surface area contributed by atoms with Crippen molar-refractivity contribution in [3.8, 4) is 33.0 Å². The molecule has 3 nitrogen and oxygen atoms in total. The molecule has 0 aliphatic heterocycles. The van der Waals surface area contributed by atoms with Crippen molar-refractivity contribution in [3.63, 3.8) is 0 Å². The van der Waals surface area contributed by atoms with Crippen LogP contribution in [0.2, 0.25) is 25.1 Å². The minimum absolute atomic E-state index is 0.0658. The molecule has 0 spiro atoms. The average Bonchev–Trinajstić information content (AvgIpc) is 3.21. The highest BCUT2D eigenvalue weighted by Crippen LogP contribution is 2.42. The number of benzene rings is 3. The Morgan fingerprint density at radius 3 is 2.26 bits per heavy atom. The summed E-state index contributed by atoms with van der Waals surface area (Å²) in [5.41, 5.74) is 2.74. The molecule has 4 rings (SSSR count). The van der Waals surface area contributed by atoms with Crippen molar-refractivity contribution >= 4 is 75.3 Å². The second kappa shape index (κ2) is 8.99. The summed E-state index contributed by atoms with van der Waals surface area (Å²) in [5, 5.41) is 13.8. The predicted octanol–water partition coefficient (Wildman–Crippen LogP) is 9.11. The van der Waals surface area contributed by atoms with E-state index in [0.29, 0.717) is 42.5 Å². The van der Waals surface area contributed by atoms with Crippen LogP contribution in [0.4, 0.5) is 0 Å². The van der Waals surface area contributed by atoms with Gasteiger partial charge in [-0.15, -0.1) is 11.3 Å². The van der Waals surface area contributed by atoms with Crippen molar-refractivity contribution in [1.82, 2.24) is 4.98 Å². The molecular formula is C22H10Cl5NO2S. The van der Waals surface area contributed by atoms with Crippen molar-refractivity contribution < 1.29 is 9.90 Å². The summed E-state index contributed by atoms with van der Waals surface area (Å²) in [4.78, 5) is 16.7. The summed E-state index contributed by atoms with van der Waals surface area (Å²) in [6.07, 6.45) is 0. The first-order valence-corrected chi connectivity index (χ1v) is 11.5. The third-order valence-corrected chi connectivity index (χ3v) is 7.37. The molecule has 1 N–H and O–H groups in total. The first-order valence-electron chi connectivity index (χ1n) is 8.69. The maximum Gasteiger partial charge on any atom is 0.337 e. The zero-order valence-corrected chi connectivity index (χ0v) is 19.9. The van der Waals surface area contributed by atoms with E-state index in [4.69, 9.17) is 58.0 Å². The van der Waals surface area contributed by atoms with Crippen LogP contribution in [-0.4, -0.2) is 16.1 Å². The molecule has 9 heteroatoms. The number of rotatable bonds is 4.